The fourth-order valence-electron chi connectivity index (χ4n) is 4.00. The molecule has 9 heteroatoms. The van der Waals surface area contributed by atoms with E-state index in [0.29, 0.717) is 35.7 Å². The molecule has 0 spiro atoms. The van der Waals surface area contributed by atoms with Crippen LogP contribution in [0.2, 0.25) is 0 Å². The molecule has 9 nitrogen and oxygen atoms in total. The third-order valence-electron chi connectivity index (χ3n) is 5.96. The summed E-state index contributed by atoms with van der Waals surface area (Å²) in [5.41, 5.74) is 1.43. The first-order valence-electron chi connectivity index (χ1n) is 11.2. The molecule has 1 N–H and O–H groups in total. The van der Waals surface area contributed by atoms with Gasteiger partial charge >= 0.3 is 0 Å². The Morgan fingerprint density at radius 3 is 2.50 bits per heavy atom. The third kappa shape index (κ3) is 5.91. The zero-order chi connectivity index (χ0) is 24.8. The lowest BCUT2D eigenvalue weighted by atomic mass is 10.0. The Balaban J connectivity index is 2.00. The Labute approximate surface area is 200 Å². The van der Waals surface area contributed by atoms with E-state index in [1.807, 2.05) is 13.8 Å². The van der Waals surface area contributed by atoms with Crippen LogP contribution in [0, 0.1) is 5.92 Å². The summed E-state index contributed by atoms with van der Waals surface area (Å²) < 4.78 is 11.8. The van der Waals surface area contributed by atoms with Crippen LogP contribution in [0.4, 0.5) is 5.69 Å². The zero-order valence-corrected chi connectivity index (χ0v) is 20.3. The van der Waals surface area contributed by atoms with E-state index >= 15 is 0 Å². The molecule has 2 heterocycles. The van der Waals surface area contributed by atoms with Gasteiger partial charge < -0.3 is 24.6 Å². The van der Waals surface area contributed by atoms with Crippen molar-refractivity contribution in [1.82, 2.24) is 14.8 Å². The van der Waals surface area contributed by atoms with Gasteiger partial charge in [-0.05, 0) is 31.2 Å². The van der Waals surface area contributed by atoms with Crippen LogP contribution in [0.25, 0.3) is 0 Å². The molecule has 34 heavy (non-hydrogen) atoms. The van der Waals surface area contributed by atoms with Gasteiger partial charge in [0, 0.05) is 69.8 Å². The largest absolute Gasteiger partial charge is 0.491 e. The third-order valence-corrected chi connectivity index (χ3v) is 5.96. The van der Waals surface area contributed by atoms with Gasteiger partial charge in [-0.15, -0.1) is 0 Å². The maximum atomic E-state index is 13.4. The number of fused-ring (bicyclic) bond motifs is 1. The molecular weight excluding hydrogens is 436 g/mol. The van der Waals surface area contributed by atoms with Crippen molar-refractivity contribution in [3.63, 3.8) is 0 Å². The molecule has 2 aromatic rings. The van der Waals surface area contributed by atoms with Crippen molar-refractivity contribution in [2.75, 3.05) is 39.2 Å². The molecule has 1 aromatic carbocycles. The standard InChI is InChI=1S/C25H32N4O5/c1-16-13-29(24(31)19-8-10-26-11-9-19)17(2)15-34-22-12-20(27-18(3)30)6-7-21(22)25(32)28(4)14-23(16)33-5/h6-12,16-17,23H,13-15H2,1-5H3,(H,27,30)/t16-,17+,23-/m1/s1. The predicted octanol–water partition coefficient (Wildman–Crippen LogP) is 2.69. The number of rotatable bonds is 3. The summed E-state index contributed by atoms with van der Waals surface area (Å²) >= 11 is 0. The number of hydrogen-bond donors (Lipinski definition) is 1. The second-order valence-electron chi connectivity index (χ2n) is 8.68. The van der Waals surface area contributed by atoms with Crippen LogP contribution in [0.1, 0.15) is 41.5 Å². The summed E-state index contributed by atoms with van der Waals surface area (Å²) in [6.45, 7) is 6.25. The second kappa shape index (κ2) is 11.1. The molecule has 0 saturated carbocycles. The molecule has 3 amide bonds. The number of nitrogens with zero attached hydrogens (tertiary/aromatic N) is 3. The molecule has 0 radical (unpaired) electrons. The van der Waals surface area contributed by atoms with Gasteiger partial charge in [-0.1, -0.05) is 6.92 Å². The number of benzene rings is 1. The highest BCUT2D eigenvalue weighted by Gasteiger charge is 2.30. The summed E-state index contributed by atoms with van der Waals surface area (Å²) in [6.07, 6.45) is 2.90. The number of pyridine rings is 1. The maximum absolute atomic E-state index is 13.4. The lowest BCUT2D eigenvalue weighted by molar-refractivity contribution is -0.114. The van der Waals surface area contributed by atoms with E-state index < -0.39 is 0 Å². The van der Waals surface area contributed by atoms with Gasteiger partial charge in [0.05, 0.1) is 17.7 Å². The van der Waals surface area contributed by atoms with Crippen molar-refractivity contribution in [2.45, 2.75) is 32.9 Å². The summed E-state index contributed by atoms with van der Waals surface area (Å²) in [4.78, 5) is 45.5. The highest BCUT2D eigenvalue weighted by atomic mass is 16.5. The number of carbonyl (C=O) groups excluding carboxylic acids is 3. The predicted molar refractivity (Wildman–Crippen MR) is 128 cm³/mol. The summed E-state index contributed by atoms with van der Waals surface area (Å²) in [7, 11) is 3.32. The van der Waals surface area contributed by atoms with Gasteiger partial charge in [-0.2, -0.15) is 0 Å². The van der Waals surface area contributed by atoms with Crippen LogP contribution in [-0.4, -0.2) is 78.5 Å². The van der Waals surface area contributed by atoms with E-state index in [2.05, 4.69) is 10.3 Å². The minimum atomic E-state index is -0.301. The molecular formula is C25H32N4O5. The summed E-state index contributed by atoms with van der Waals surface area (Å²) in [5, 5.41) is 2.71. The van der Waals surface area contributed by atoms with Gasteiger partial charge in [0.15, 0.2) is 0 Å². The maximum Gasteiger partial charge on any atom is 0.257 e. The smallest absolute Gasteiger partial charge is 0.257 e. The van der Waals surface area contributed by atoms with Crippen LogP contribution in [0.15, 0.2) is 42.7 Å². The molecule has 0 aliphatic carbocycles. The monoisotopic (exact) mass is 468 g/mol. The quantitative estimate of drug-likeness (QED) is 0.743. The molecule has 0 saturated heterocycles. The first kappa shape index (κ1) is 25.2. The van der Waals surface area contributed by atoms with Crippen molar-refractivity contribution in [1.29, 1.82) is 0 Å². The number of methoxy groups -OCH3 is 1. The molecule has 0 bridgehead atoms. The average Bonchev–Trinajstić information content (AvgIpc) is 2.82. The first-order chi connectivity index (χ1) is 16.2. The van der Waals surface area contributed by atoms with Crippen molar-refractivity contribution >= 4 is 23.4 Å². The highest BCUT2D eigenvalue weighted by Crippen LogP contribution is 2.27. The van der Waals surface area contributed by atoms with Crippen LogP contribution in [-0.2, 0) is 9.53 Å². The Morgan fingerprint density at radius 2 is 1.85 bits per heavy atom. The number of aromatic nitrogens is 1. The molecule has 3 rings (SSSR count). The highest BCUT2D eigenvalue weighted by molar-refractivity contribution is 5.98. The van der Waals surface area contributed by atoms with Gasteiger partial charge in [-0.3, -0.25) is 19.4 Å². The Bertz CT molecular complexity index is 1030. The van der Waals surface area contributed by atoms with Crippen LogP contribution in [0.5, 0.6) is 5.75 Å². The molecule has 0 fully saturated rings. The number of likely N-dealkylation sites (N-methyl/N-ethyl adjacent to an activating group) is 1. The number of carbonyl (C=O) groups is 3. The fraction of sp³-hybridized carbons (Fsp3) is 0.440. The van der Waals surface area contributed by atoms with E-state index in [1.165, 1.54) is 6.92 Å². The average molecular weight is 469 g/mol. The van der Waals surface area contributed by atoms with Gasteiger partial charge in [-0.25, -0.2) is 0 Å². The molecule has 182 valence electrons. The number of ether oxygens (including phenoxy) is 2. The van der Waals surface area contributed by atoms with E-state index in [-0.39, 0.29) is 42.4 Å². The van der Waals surface area contributed by atoms with Crippen LogP contribution >= 0.6 is 0 Å². The number of amides is 3. The van der Waals surface area contributed by atoms with Crippen molar-refractivity contribution in [3.05, 3.63) is 53.9 Å². The fourth-order valence-corrected chi connectivity index (χ4v) is 4.00. The van der Waals surface area contributed by atoms with Crippen molar-refractivity contribution in [2.24, 2.45) is 5.92 Å². The molecule has 1 aliphatic rings. The van der Waals surface area contributed by atoms with E-state index in [1.54, 1.807) is 66.7 Å². The van der Waals surface area contributed by atoms with Crippen molar-refractivity contribution < 1.29 is 23.9 Å². The minimum absolute atomic E-state index is 0.0467. The molecule has 0 unspecified atom stereocenters. The second-order valence-corrected chi connectivity index (χ2v) is 8.68. The van der Waals surface area contributed by atoms with E-state index in [9.17, 15) is 14.4 Å². The summed E-state index contributed by atoms with van der Waals surface area (Å²) in [5.74, 6) is -0.273. The Morgan fingerprint density at radius 1 is 1.15 bits per heavy atom. The molecule has 3 atom stereocenters. The van der Waals surface area contributed by atoms with E-state index in [0.717, 1.165) is 0 Å². The number of nitrogens with one attached hydrogen (secondary N) is 1. The topological polar surface area (TPSA) is 101 Å². The Kier molecular flexibility index (Phi) is 8.22. The Hall–Kier alpha value is -3.46. The SMILES string of the molecule is CO[C@@H]1CN(C)C(=O)c2ccc(NC(C)=O)cc2OC[C@H](C)N(C(=O)c2ccncc2)C[C@H]1C. The lowest BCUT2D eigenvalue weighted by Crippen LogP contribution is -2.48. The molecule has 1 aromatic heterocycles. The van der Waals surface area contributed by atoms with Crippen LogP contribution in [0.3, 0.4) is 0 Å². The number of hydrogen-bond acceptors (Lipinski definition) is 6. The summed E-state index contributed by atoms with van der Waals surface area (Å²) in [6, 6.07) is 8.01. The van der Waals surface area contributed by atoms with Gasteiger partial charge in [0.25, 0.3) is 11.8 Å². The number of anilines is 1. The van der Waals surface area contributed by atoms with E-state index in [4.69, 9.17) is 9.47 Å². The molecule has 1 aliphatic heterocycles. The zero-order valence-electron chi connectivity index (χ0n) is 20.3. The van der Waals surface area contributed by atoms with Crippen LogP contribution < -0.4 is 10.1 Å². The van der Waals surface area contributed by atoms with Crippen molar-refractivity contribution in [3.8, 4) is 5.75 Å². The first-order valence-corrected chi connectivity index (χ1v) is 11.2. The lowest BCUT2D eigenvalue weighted by Gasteiger charge is -2.36. The van der Waals surface area contributed by atoms with Gasteiger partial charge in [0.1, 0.15) is 12.4 Å². The minimum Gasteiger partial charge on any atom is -0.491 e. The normalized spacial score (nSPS) is 21.6. The van der Waals surface area contributed by atoms with Gasteiger partial charge in [0.2, 0.25) is 5.91 Å².